The van der Waals surface area contributed by atoms with E-state index in [1.165, 1.54) is 44.1 Å². The van der Waals surface area contributed by atoms with E-state index in [9.17, 15) is 5.11 Å². The van der Waals surface area contributed by atoms with Crippen molar-refractivity contribution >= 4 is 0 Å². The molecule has 3 fully saturated rings. The highest BCUT2D eigenvalue weighted by molar-refractivity contribution is 5.55. The van der Waals surface area contributed by atoms with Crippen molar-refractivity contribution in [2.45, 2.75) is 59.3 Å². The molecule has 0 saturated heterocycles. The van der Waals surface area contributed by atoms with Gasteiger partial charge in [-0.15, -0.1) is 0 Å². The normalized spacial score (nSPS) is 53.6. The summed E-state index contributed by atoms with van der Waals surface area (Å²) in [6.07, 6.45) is 15.2. The van der Waals surface area contributed by atoms with Gasteiger partial charge in [-0.2, -0.15) is 0 Å². The summed E-state index contributed by atoms with van der Waals surface area (Å²) < 4.78 is 0. The van der Waals surface area contributed by atoms with Crippen molar-refractivity contribution in [2.24, 2.45) is 39.4 Å². The summed E-state index contributed by atoms with van der Waals surface area (Å²) >= 11 is 0. The van der Waals surface area contributed by atoms with Gasteiger partial charge in [0.2, 0.25) is 0 Å². The van der Waals surface area contributed by atoms with Crippen molar-refractivity contribution in [2.75, 3.05) is 6.61 Å². The minimum absolute atomic E-state index is 0.255. The maximum absolute atomic E-state index is 10.1. The predicted octanol–water partition coefficient (Wildman–Crippen LogP) is 5.28. The van der Waals surface area contributed by atoms with E-state index in [-0.39, 0.29) is 16.2 Å². The number of allylic oxidation sites excluding steroid dienone is 5. The number of fused-ring (bicyclic) bond motifs is 1. The summed E-state index contributed by atoms with van der Waals surface area (Å²) in [5, 5.41) is 10.1. The summed E-state index contributed by atoms with van der Waals surface area (Å²) in [5.41, 5.74) is 4.18. The number of hydrogen-bond donors (Lipinski definition) is 1. The fourth-order valence-corrected chi connectivity index (χ4v) is 8.59. The molecule has 0 aliphatic heterocycles. The zero-order valence-electron chi connectivity index (χ0n) is 15.6. The first-order valence-corrected chi connectivity index (χ1v) is 10.1. The second-order valence-corrected chi connectivity index (χ2v) is 10.2. The standard InChI is InChI=1S/C23H32O/c1-15-13-18-21(4)16(7-6-11-23(21)19(15)20(23,2)3)9-12-22(18)10-5-8-17(22)14-24/h6,11,13,16-17,19,24H,1,5,7-10,12,14H2,2-4H3. The molecule has 5 aliphatic rings. The molecule has 1 N–H and O–H groups in total. The van der Waals surface area contributed by atoms with Crippen LogP contribution >= 0.6 is 0 Å². The molecule has 6 unspecified atom stereocenters. The largest absolute Gasteiger partial charge is 0.396 e. The molecular weight excluding hydrogens is 292 g/mol. The lowest BCUT2D eigenvalue weighted by Crippen LogP contribution is -2.53. The van der Waals surface area contributed by atoms with Gasteiger partial charge in [-0.1, -0.05) is 63.1 Å². The van der Waals surface area contributed by atoms with Gasteiger partial charge in [0.1, 0.15) is 0 Å². The third-order valence-corrected chi connectivity index (χ3v) is 9.55. The summed E-state index contributed by atoms with van der Waals surface area (Å²) in [6, 6.07) is 0. The van der Waals surface area contributed by atoms with Gasteiger partial charge in [-0.25, -0.2) is 0 Å². The van der Waals surface area contributed by atoms with Gasteiger partial charge in [0.05, 0.1) is 0 Å². The highest BCUT2D eigenvalue weighted by Crippen LogP contribution is 2.87. The molecule has 1 nitrogen and oxygen atoms in total. The van der Waals surface area contributed by atoms with Crippen LogP contribution in [-0.4, -0.2) is 11.7 Å². The monoisotopic (exact) mass is 324 g/mol. The summed E-state index contributed by atoms with van der Waals surface area (Å²) in [7, 11) is 0. The molecule has 0 heterocycles. The average Bonchev–Trinajstić information content (AvgIpc) is 2.87. The Labute approximate surface area is 146 Å². The maximum Gasteiger partial charge on any atom is 0.0467 e. The van der Waals surface area contributed by atoms with Crippen LogP contribution in [-0.2, 0) is 0 Å². The number of aliphatic hydroxyl groups is 1. The van der Waals surface area contributed by atoms with Gasteiger partial charge >= 0.3 is 0 Å². The minimum Gasteiger partial charge on any atom is -0.396 e. The van der Waals surface area contributed by atoms with Gasteiger partial charge in [0.25, 0.3) is 0 Å². The number of hydrogen-bond acceptors (Lipinski definition) is 1. The number of aliphatic hydroxyl groups excluding tert-OH is 1. The molecule has 2 spiro atoms. The third-order valence-electron chi connectivity index (χ3n) is 9.55. The lowest BCUT2D eigenvalue weighted by atomic mass is 9.43. The van der Waals surface area contributed by atoms with Gasteiger partial charge in [-0.05, 0) is 60.7 Å². The first kappa shape index (κ1) is 15.4. The SMILES string of the molecule is C=C1C=C2C3(CCCC3CO)CCC3CC=CC4(C1C4(C)C)C23C. The van der Waals surface area contributed by atoms with Gasteiger partial charge in [0.15, 0.2) is 0 Å². The Morgan fingerprint density at radius 1 is 1.21 bits per heavy atom. The summed E-state index contributed by atoms with van der Waals surface area (Å²) in [6.45, 7) is 12.4. The highest BCUT2D eigenvalue weighted by atomic mass is 16.3. The fourth-order valence-electron chi connectivity index (χ4n) is 8.59. The molecule has 3 saturated carbocycles. The molecule has 0 amide bonds. The topological polar surface area (TPSA) is 20.2 Å². The van der Waals surface area contributed by atoms with E-state index < -0.39 is 0 Å². The molecule has 130 valence electrons. The van der Waals surface area contributed by atoms with Crippen LogP contribution in [0, 0.1) is 39.4 Å². The Morgan fingerprint density at radius 2 is 2.00 bits per heavy atom. The maximum atomic E-state index is 10.1. The van der Waals surface area contributed by atoms with Gasteiger partial charge < -0.3 is 5.11 Å². The Morgan fingerprint density at radius 3 is 2.75 bits per heavy atom. The average molecular weight is 325 g/mol. The molecule has 0 bridgehead atoms. The van der Waals surface area contributed by atoms with Crippen molar-refractivity contribution in [3.05, 3.63) is 36.0 Å². The van der Waals surface area contributed by atoms with Crippen LogP contribution in [0.15, 0.2) is 36.0 Å². The zero-order valence-corrected chi connectivity index (χ0v) is 15.6. The first-order chi connectivity index (χ1) is 11.4. The summed E-state index contributed by atoms with van der Waals surface area (Å²) in [4.78, 5) is 0. The van der Waals surface area contributed by atoms with Gasteiger partial charge in [0, 0.05) is 17.4 Å². The van der Waals surface area contributed by atoms with E-state index in [0.29, 0.717) is 23.9 Å². The number of rotatable bonds is 1. The van der Waals surface area contributed by atoms with Gasteiger partial charge in [-0.3, -0.25) is 0 Å². The third kappa shape index (κ3) is 1.31. The quantitative estimate of drug-likeness (QED) is 0.651. The second-order valence-electron chi connectivity index (χ2n) is 10.2. The molecule has 24 heavy (non-hydrogen) atoms. The van der Waals surface area contributed by atoms with E-state index >= 15 is 0 Å². The predicted molar refractivity (Wildman–Crippen MR) is 98.4 cm³/mol. The molecular formula is C23H32O. The zero-order chi connectivity index (χ0) is 17.0. The first-order valence-electron chi connectivity index (χ1n) is 10.1. The van der Waals surface area contributed by atoms with Crippen LogP contribution in [0.2, 0.25) is 0 Å². The Balaban J connectivity index is 1.76. The summed E-state index contributed by atoms with van der Waals surface area (Å²) in [5.74, 6) is 1.86. The van der Waals surface area contributed by atoms with Crippen molar-refractivity contribution < 1.29 is 5.11 Å². The minimum atomic E-state index is 0.255. The van der Waals surface area contributed by atoms with E-state index in [4.69, 9.17) is 0 Å². The van der Waals surface area contributed by atoms with Crippen LogP contribution in [0.5, 0.6) is 0 Å². The lowest BCUT2D eigenvalue weighted by Gasteiger charge is -2.61. The van der Waals surface area contributed by atoms with Crippen LogP contribution in [0.25, 0.3) is 0 Å². The van der Waals surface area contributed by atoms with Crippen molar-refractivity contribution in [1.29, 1.82) is 0 Å². The van der Waals surface area contributed by atoms with Crippen molar-refractivity contribution in [3.8, 4) is 0 Å². The Hall–Kier alpha value is -0.820. The molecule has 5 aliphatic carbocycles. The molecule has 0 aromatic carbocycles. The Kier molecular flexibility index (Phi) is 2.76. The van der Waals surface area contributed by atoms with Crippen molar-refractivity contribution in [1.82, 2.24) is 0 Å². The van der Waals surface area contributed by atoms with E-state index in [0.717, 1.165) is 5.92 Å². The van der Waals surface area contributed by atoms with E-state index in [1.54, 1.807) is 5.57 Å². The van der Waals surface area contributed by atoms with Crippen LogP contribution in [0.4, 0.5) is 0 Å². The molecule has 6 atom stereocenters. The molecule has 1 heteroatoms. The molecule has 0 aromatic rings. The smallest absolute Gasteiger partial charge is 0.0467 e. The van der Waals surface area contributed by atoms with E-state index in [2.05, 4.69) is 45.6 Å². The lowest BCUT2D eigenvalue weighted by molar-refractivity contribution is -0.00465. The highest BCUT2D eigenvalue weighted by Gasteiger charge is 2.82. The molecule has 5 rings (SSSR count). The second kappa shape index (κ2) is 4.29. The fraction of sp³-hybridized carbons (Fsp3) is 0.739. The van der Waals surface area contributed by atoms with Crippen LogP contribution in [0.1, 0.15) is 59.3 Å². The molecule has 0 aromatic heterocycles. The van der Waals surface area contributed by atoms with Crippen LogP contribution < -0.4 is 0 Å². The molecule has 0 radical (unpaired) electrons. The van der Waals surface area contributed by atoms with Crippen molar-refractivity contribution in [3.63, 3.8) is 0 Å². The van der Waals surface area contributed by atoms with Crippen LogP contribution in [0.3, 0.4) is 0 Å². The Bertz CT molecular complexity index is 682. The van der Waals surface area contributed by atoms with E-state index in [1.807, 2.05) is 0 Å².